The van der Waals surface area contributed by atoms with Crippen LogP contribution in [0.3, 0.4) is 0 Å². The summed E-state index contributed by atoms with van der Waals surface area (Å²) in [5.74, 6) is -0.0413. The highest BCUT2D eigenvalue weighted by Crippen LogP contribution is 2.26. The number of nitrogens with zero attached hydrogens (tertiary/aromatic N) is 2. The highest BCUT2D eigenvalue weighted by Gasteiger charge is 2.22. The van der Waals surface area contributed by atoms with Crippen molar-refractivity contribution in [2.75, 3.05) is 13.1 Å². The van der Waals surface area contributed by atoms with Crippen LogP contribution < -0.4 is 5.32 Å². The van der Waals surface area contributed by atoms with Crippen LogP contribution in [0.15, 0.2) is 57.7 Å². The Morgan fingerprint density at radius 2 is 2.03 bits per heavy atom. The highest BCUT2D eigenvalue weighted by molar-refractivity contribution is 9.10. The van der Waals surface area contributed by atoms with Gasteiger partial charge >= 0.3 is 6.09 Å². The van der Waals surface area contributed by atoms with Crippen LogP contribution in [0.5, 0.6) is 0 Å². The Bertz CT molecular complexity index is 1040. The van der Waals surface area contributed by atoms with Gasteiger partial charge in [-0.15, -0.1) is 0 Å². The van der Waals surface area contributed by atoms with Crippen molar-refractivity contribution in [3.63, 3.8) is 0 Å². The molecular formula is C23H26BrN3O4. The van der Waals surface area contributed by atoms with Gasteiger partial charge in [0.25, 0.3) is 5.91 Å². The molecule has 0 radical (unpaired) electrons. The van der Waals surface area contributed by atoms with Gasteiger partial charge in [-0.25, -0.2) is 4.79 Å². The molecule has 0 bridgehead atoms. The molecule has 2 amide bonds. The van der Waals surface area contributed by atoms with Crippen LogP contribution in [0.1, 0.15) is 43.3 Å². The SMILES string of the molecule is CC(C)(C)OC(=O)N(CCCNC(=O)c1cc2cccc(Br)c2o1)Cc1cccnc1. The number of para-hydroxylation sites is 1. The summed E-state index contributed by atoms with van der Waals surface area (Å²) < 4.78 is 12.0. The first-order chi connectivity index (χ1) is 14.7. The molecule has 3 aromatic rings. The van der Waals surface area contributed by atoms with Crippen LogP contribution in [-0.2, 0) is 11.3 Å². The van der Waals surface area contributed by atoms with Crippen LogP contribution >= 0.6 is 15.9 Å². The van der Waals surface area contributed by atoms with Crippen LogP contribution in [0.2, 0.25) is 0 Å². The van der Waals surface area contributed by atoms with E-state index < -0.39 is 11.7 Å². The minimum Gasteiger partial charge on any atom is -0.450 e. The van der Waals surface area contributed by atoms with Gasteiger partial charge in [0, 0.05) is 30.9 Å². The number of carbonyl (C=O) groups is 2. The zero-order chi connectivity index (χ0) is 22.4. The normalized spacial score (nSPS) is 11.4. The second-order valence-corrected chi connectivity index (χ2v) is 9.00. The van der Waals surface area contributed by atoms with Gasteiger partial charge in [0.15, 0.2) is 5.76 Å². The van der Waals surface area contributed by atoms with E-state index in [1.165, 1.54) is 0 Å². The van der Waals surface area contributed by atoms with Crippen molar-refractivity contribution in [1.29, 1.82) is 0 Å². The Morgan fingerprint density at radius 3 is 2.71 bits per heavy atom. The minimum absolute atomic E-state index is 0.251. The standard InChI is InChI=1S/C23H26BrN3O4/c1-23(2,3)31-22(29)27(15-16-7-5-10-25-14-16)12-6-11-26-21(28)19-13-17-8-4-9-18(24)20(17)30-19/h4-5,7-10,13-14H,6,11-12,15H2,1-3H3,(H,26,28). The average molecular weight is 488 g/mol. The molecule has 164 valence electrons. The summed E-state index contributed by atoms with van der Waals surface area (Å²) in [6, 6.07) is 11.1. The number of fused-ring (bicyclic) bond motifs is 1. The molecule has 0 unspecified atom stereocenters. The Kier molecular flexibility index (Phi) is 7.33. The molecule has 1 N–H and O–H groups in total. The Balaban J connectivity index is 1.56. The van der Waals surface area contributed by atoms with E-state index in [4.69, 9.17) is 9.15 Å². The third-order valence-electron chi connectivity index (χ3n) is 4.36. The van der Waals surface area contributed by atoms with Gasteiger partial charge in [-0.2, -0.15) is 0 Å². The van der Waals surface area contributed by atoms with Crippen molar-refractivity contribution in [3.05, 3.63) is 64.6 Å². The van der Waals surface area contributed by atoms with E-state index in [9.17, 15) is 9.59 Å². The third-order valence-corrected chi connectivity index (χ3v) is 4.98. The molecule has 2 aromatic heterocycles. The second kappa shape index (κ2) is 9.96. The fourth-order valence-corrected chi connectivity index (χ4v) is 3.43. The van der Waals surface area contributed by atoms with Gasteiger partial charge in [-0.05, 0) is 66.9 Å². The maximum absolute atomic E-state index is 12.6. The second-order valence-electron chi connectivity index (χ2n) is 8.14. The van der Waals surface area contributed by atoms with Crippen molar-refractivity contribution in [2.45, 2.75) is 39.3 Å². The van der Waals surface area contributed by atoms with Crippen molar-refractivity contribution >= 4 is 38.9 Å². The molecule has 1 aromatic carbocycles. The Morgan fingerprint density at radius 1 is 1.23 bits per heavy atom. The predicted molar refractivity (Wildman–Crippen MR) is 122 cm³/mol. The van der Waals surface area contributed by atoms with Gasteiger partial charge in [-0.1, -0.05) is 18.2 Å². The number of carbonyl (C=O) groups excluding carboxylic acids is 2. The van der Waals surface area contributed by atoms with Gasteiger partial charge < -0.3 is 19.4 Å². The molecule has 0 saturated carbocycles. The summed E-state index contributed by atoms with van der Waals surface area (Å²) in [6.07, 6.45) is 3.58. The lowest BCUT2D eigenvalue weighted by atomic mass is 10.2. The van der Waals surface area contributed by atoms with E-state index in [-0.39, 0.29) is 11.7 Å². The molecule has 31 heavy (non-hydrogen) atoms. The molecule has 0 saturated heterocycles. The summed E-state index contributed by atoms with van der Waals surface area (Å²) in [7, 11) is 0. The molecule has 0 aliphatic rings. The van der Waals surface area contributed by atoms with Crippen LogP contribution in [-0.4, -0.2) is 40.6 Å². The summed E-state index contributed by atoms with van der Waals surface area (Å²) in [5.41, 5.74) is 0.957. The van der Waals surface area contributed by atoms with Gasteiger partial charge in [-0.3, -0.25) is 9.78 Å². The molecule has 0 atom stereocenters. The smallest absolute Gasteiger partial charge is 0.410 e. The maximum Gasteiger partial charge on any atom is 0.410 e. The summed E-state index contributed by atoms with van der Waals surface area (Å²) in [4.78, 5) is 30.8. The number of halogens is 1. The zero-order valence-corrected chi connectivity index (χ0v) is 19.4. The first kappa shape index (κ1) is 22.8. The number of nitrogens with one attached hydrogen (secondary N) is 1. The number of benzene rings is 1. The molecule has 0 aliphatic heterocycles. The van der Waals surface area contributed by atoms with E-state index >= 15 is 0 Å². The molecule has 7 nitrogen and oxygen atoms in total. The number of hydrogen-bond donors (Lipinski definition) is 1. The van der Waals surface area contributed by atoms with Crippen molar-refractivity contribution in [3.8, 4) is 0 Å². The molecule has 0 spiro atoms. The summed E-state index contributed by atoms with van der Waals surface area (Å²) in [6.45, 7) is 6.70. The van der Waals surface area contributed by atoms with E-state index in [0.717, 1.165) is 15.4 Å². The number of pyridine rings is 1. The largest absolute Gasteiger partial charge is 0.450 e. The number of ether oxygens (including phenoxy) is 1. The summed E-state index contributed by atoms with van der Waals surface area (Å²) in [5, 5.41) is 3.70. The average Bonchev–Trinajstić information content (AvgIpc) is 3.15. The fourth-order valence-electron chi connectivity index (χ4n) is 2.97. The Labute approximate surface area is 189 Å². The highest BCUT2D eigenvalue weighted by atomic mass is 79.9. The number of aromatic nitrogens is 1. The lowest BCUT2D eigenvalue weighted by molar-refractivity contribution is 0.0232. The number of amides is 2. The molecule has 3 rings (SSSR count). The minimum atomic E-state index is -0.589. The van der Waals surface area contributed by atoms with Gasteiger partial charge in [0.05, 0.1) is 11.0 Å². The van der Waals surface area contributed by atoms with Crippen LogP contribution in [0.25, 0.3) is 11.0 Å². The van der Waals surface area contributed by atoms with E-state index in [1.807, 2.05) is 51.1 Å². The molecule has 0 fully saturated rings. The van der Waals surface area contributed by atoms with E-state index in [0.29, 0.717) is 31.6 Å². The van der Waals surface area contributed by atoms with Gasteiger partial charge in [0.2, 0.25) is 0 Å². The van der Waals surface area contributed by atoms with Crippen molar-refractivity contribution in [1.82, 2.24) is 15.2 Å². The monoisotopic (exact) mass is 487 g/mol. The molecular weight excluding hydrogens is 462 g/mol. The molecule has 2 heterocycles. The molecule has 8 heteroatoms. The van der Waals surface area contributed by atoms with E-state index in [1.54, 1.807) is 23.4 Å². The van der Waals surface area contributed by atoms with Gasteiger partial charge in [0.1, 0.15) is 11.2 Å². The predicted octanol–water partition coefficient (Wildman–Crippen LogP) is 5.15. The lowest BCUT2D eigenvalue weighted by Crippen LogP contribution is -2.38. The lowest BCUT2D eigenvalue weighted by Gasteiger charge is -2.27. The maximum atomic E-state index is 12.6. The fraction of sp³-hybridized carbons (Fsp3) is 0.348. The molecule has 0 aliphatic carbocycles. The topological polar surface area (TPSA) is 84.7 Å². The number of hydrogen-bond acceptors (Lipinski definition) is 5. The van der Waals surface area contributed by atoms with Crippen LogP contribution in [0, 0.1) is 0 Å². The first-order valence-electron chi connectivity index (χ1n) is 10.1. The zero-order valence-electron chi connectivity index (χ0n) is 17.9. The van der Waals surface area contributed by atoms with Crippen molar-refractivity contribution in [2.24, 2.45) is 0 Å². The quantitative estimate of drug-likeness (QED) is 0.465. The number of rotatable bonds is 7. The number of furan rings is 1. The third kappa shape index (κ3) is 6.55. The van der Waals surface area contributed by atoms with E-state index in [2.05, 4.69) is 26.2 Å². The van der Waals surface area contributed by atoms with Crippen molar-refractivity contribution < 1.29 is 18.7 Å². The summed E-state index contributed by atoms with van der Waals surface area (Å²) >= 11 is 3.42. The first-order valence-corrected chi connectivity index (χ1v) is 10.9. The Hall–Kier alpha value is -2.87. The van der Waals surface area contributed by atoms with Crippen LogP contribution in [0.4, 0.5) is 4.79 Å².